The molecular formula is C6H13BrS. The van der Waals surface area contributed by atoms with Crippen LogP contribution in [0.25, 0.3) is 0 Å². The van der Waals surface area contributed by atoms with Crippen molar-refractivity contribution in [3.8, 4) is 0 Å². The Morgan fingerprint density at radius 2 is 2.12 bits per heavy atom. The second-order valence-corrected chi connectivity index (χ2v) is 4.71. The summed E-state index contributed by atoms with van der Waals surface area (Å²) in [4.78, 5) is 0. The van der Waals surface area contributed by atoms with E-state index in [2.05, 4.69) is 29.8 Å². The normalized spacial score (nSPS) is 13.9. The molecule has 0 spiro atoms. The Labute approximate surface area is 64.6 Å². The van der Waals surface area contributed by atoms with E-state index in [0.717, 1.165) is 0 Å². The first kappa shape index (κ1) is 8.83. The Morgan fingerprint density at radius 3 is 2.50 bits per heavy atom. The van der Waals surface area contributed by atoms with Crippen molar-refractivity contribution in [2.24, 2.45) is 0 Å². The highest BCUT2D eigenvalue weighted by molar-refractivity contribution is 9.11. The van der Waals surface area contributed by atoms with Crippen LogP contribution in [0.3, 0.4) is 0 Å². The molecule has 0 fully saturated rings. The maximum atomic E-state index is 3.54. The van der Waals surface area contributed by atoms with Gasteiger partial charge in [-0.25, -0.2) is 0 Å². The summed E-state index contributed by atoms with van der Waals surface area (Å²) in [5.41, 5.74) is 0. The lowest BCUT2D eigenvalue weighted by atomic mass is 10.6. The minimum atomic E-state index is 0.683. The third kappa shape index (κ3) is 4.98. The molecular weight excluding hydrogens is 184 g/mol. The molecule has 1 unspecified atom stereocenters. The lowest BCUT2D eigenvalue weighted by molar-refractivity contribution is 1.05. The summed E-state index contributed by atoms with van der Waals surface area (Å²) < 4.78 is 0.683. The molecule has 0 aromatic heterocycles. The van der Waals surface area contributed by atoms with Gasteiger partial charge in [-0.15, -0.1) is 11.8 Å². The third-order valence-corrected chi connectivity index (χ3v) is 3.60. The fourth-order valence-electron chi connectivity index (χ4n) is 0.364. The number of thioether (sulfide) groups is 1. The Morgan fingerprint density at radius 1 is 1.50 bits per heavy atom. The van der Waals surface area contributed by atoms with Crippen molar-refractivity contribution < 1.29 is 0 Å². The summed E-state index contributed by atoms with van der Waals surface area (Å²) in [7, 11) is 0. The van der Waals surface area contributed by atoms with E-state index in [9.17, 15) is 0 Å². The Hall–Kier alpha value is 0.830. The molecule has 0 heterocycles. The average Bonchev–Trinajstić information content (AvgIpc) is 1.83. The van der Waals surface area contributed by atoms with Gasteiger partial charge in [-0.1, -0.05) is 29.8 Å². The van der Waals surface area contributed by atoms with Crippen LogP contribution in [-0.4, -0.2) is 9.91 Å². The van der Waals surface area contributed by atoms with Gasteiger partial charge < -0.3 is 0 Å². The molecule has 2 heteroatoms. The van der Waals surface area contributed by atoms with Gasteiger partial charge in [0.15, 0.2) is 0 Å². The molecule has 0 aliphatic heterocycles. The number of rotatable bonds is 4. The molecule has 1 atom stereocenters. The molecule has 0 aliphatic rings. The van der Waals surface area contributed by atoms with E-state index in [1.54, 1.807) is 0 Å². The van der Waals surface area contributed by atoms with Gasteiger partial charge in [-0.2, -0.15) is 0 Å². The first-order valence-electron chi connectivity index (χ1n) is 3.07. The number of alkyl halides is 1. The third-order valence-electron chi connectivity index (χ3n) is 0.824. The van der Waals surface area contributed by atoms with Crippen molar-refractivity contribution in [2.45, 2.75) is 30.8 Å². The van der Waals surface area contributed by atoms with E-state index in [1.165, 1.54) is 18.6 Å². The van der Waals surface area contributed by atoms with Crippen LogP contribution in [0.15, 0.2) is 0 Å². The zero-order valence-corrected chi connectivity index (χ0v) is 7.89. The topological polar surface area (TPSA) is 0 Å². The molecule has 0 nitrogen and oxygen atoms in total. The zero-order valence-electron chi connectivity index (χ0n) is 5.48. The lowest BCUT2D eigenvalue weighted by Crippen LogP contribution is -1.88. The van der Waals surface area contributed by atoms with Crippen LogP contribution in [0, 0.1) is 0 Å². The largest absolute Gasteiger partial charge is 0.147 e. The molecule has 0 saturated heterocycles. The van der Waals surface area contributed by atoms with Gasteiger partial charge >= 0.3 is 0 Å². The molecule has 0 aromatic carbocycles. The van der Waals surface area contributed by atoms with Gasteiger partial charge in [0.25, 0.3) is 0 Å². The number of halogens is 1. The van der Waals surface area contributed by atoms with Crippen LogP contribution in [0.4, 0.5) is 0 Å². The Bertz CT molecular complexity index is 47.8. The molecule has 8 heavy (non-hydrogen) atoms. The summed E-state index contributed by atoms with van der Waals surface area (Å²) in [6, 6.07) is 0. The SMILES string of the molecule is CCCSC(Br)CC. The van der Waals surface area contributed by atoms with Crippen molar-refractivity contribution in [1.29, 1.82) is 0 Å². The molecule has 0 N–H and O–H groups in total. The second kappa shape index (κ2) is 5.96. The van der Waals surface area contributed by atoms with Crippen molar-refractivity contribution in [1.82, 2.24) is 0 Å². The van der Waals surface area contributed by atoms with Gasteiger partial charge in [0.05, 0.1) is 4.16 Å². The maximum absolute atomic E-state index is 3.54. The average molecular weight is 197 g/mol. The summed E-state index contributed by atoms with van der Waals surface area (Å²) in [5, 5.41) is 0. The van der Waals surface area contributed by atoms with Crippen LogP contribution in [0.5, 0.6) is 0 Å². The monoisotopic (exact) mass is 196 g/mol. The standard InChI is InChI=1S/C6H13BrS/c1-3-5-8-6(7)4-2/h6H,3-5H2,1-2H3. The molecule has 0 aliphatic carbocycles. The van der Waals surface area contributed by atoms with E-state index in [4.69, 9.17) is 0 Å². The fourth-order valence-corrected chi connectivity index (χ4v) is 1.65. The Balaban J connectivity index is 2.86. The number of hydrogen-bond acceptors (Lipinski definition) is 1. The van der Waals surface area contributed by atoms with E-state index in [-0.39, 0.29) is 0 Å². The van der Waals surface area contributed by atoms with Crippen LogP contribution >= 0.6 is 27.7 Å². The van der Waals surface area contributed by atoms with Crippen LogP contribution in [-0.2, 0) is 0 Å². The highest BCUT2D eigenvalue weighted by atomic mass is 79.9. The molecule has 50 valence electrons. The first-order valence-corrected chi connectivity index (χ1v) is 5.03. The van der Waals surface area contributed by atoms with E-state index < -0.39 is 0 Å². The summed E-state index contributed by atoms with van der Waals surface area (Å²) >= 11 is 5.53. The molecule has 0 radical (unpaired) electrons. The van der Waals surface area contributed by atoms with Crippen molar-refractivity contribution >= 4 is 27.7 Å². The smallest absolute Gasteiger partial charge is 0.0597 e. The zero-order chi connectivity index (χ0) is 6.41. The maximum Gasteiger partial charge on any atom is 0.0597 e. The van der Waals surface area contributed by atoms with E-state index in [0.29, 0.717) is 4.16 Å². The van der Waals surface area contributed by atoms with Crippen LogP contribution in [0.2, 0.25) is 0 Å². The van der Waals surface area contributed by atoms with Crippen molar-refractivity contribution in [3.05, 3.63) is 0 Å². The summed E-state index contributed by atoms with van der Waals surface area (Å²) in [6.45, 7) is 4.41. The second-order valence-electron chi connectivity index (χ2n) is 1.69. The van der Waals surface area contributed by atoms with Gasteiger partial charge in [-0.05, 0) is 18.6 Å². The summed E-state index contributed by atoms with van der Waals surface area (Å²) in [5.74, 6) is 1.28. The predicted octanol–water partition coefficient (Wildman–Crippen LogP) is 3.26. The highest BCUT2D eigenvalue weighted by Gasteiger charge is 1.96. The van der Waals surface area contributed by atoms with Gasteiger partial charge in [0, 0.05) is 0 Å². The molecule has 0 aromatic rings. The molecule has 0 amide bonds. The minimum absolute atomic E-state index is 0.683. The first-order chi connectivity index (χ1) is 3.81. The van der Waals surface area contributed by atoms with Crippen LogP contribution in [0.1, 0.15) is 26.7 Å². The van der Waals surface area contributed by atoms with E-state index >= 15 is 0 Å². The number of hydrogen-bond donors (Lipinski definition) is 0. The molecule has 0 rings (SSSR count). The van der Waals surface area contributed by atoms with Gasteiger partial charge in [-0.3, -0.25) is 0 Å². The van der Waals surface area contributed by atoms with Crippen LogP contribution < -0.4 is 0 Å². The predicted molar refractivity (Wildman–Crippen MR) is 45.8 cm³/mol. The highest BCUT2D eigenvalue weighted by Crippen LogP contribution is 2.20. The quantitative estimate of drug-likeness (QED) is 0.623. The minimum Gasteiger partial charge on any atom is -0.147 e. The lowest BCUT2D eigenvalue weighted by Gasteiger charge is -2.02. The Kier molecular flexibility index (Phi) is 6.58. The van der Waals surface area contributed by atoms with E-state index in [1.807, 2.05) is 11.8 Å². The fraction of sp³-hybridized carbons (Fsp3) is 1.00. The molecule has 0 saturated carbocycles. The summed E-state index contributed by atoms with van der Waals surface area (Å²) in [6.07, 6.45) is 2.51. The van der Waals surface area contributed by atoms with Gasteiger partial charge in [0.2, 0.25) is 0 Å². The van der Waals surface area contributed by atoms with Crippen molar-refractivity contribution in [2.75, 3.05) is 5.75 Å². The van der Waals surface area contributed by atoms with Crippen molar-refractivity contribution in [3.63, 3.8) is 0 Å². The molecule has 0 bridgehead atoms. The van der Waals surface area contributed by atoms with Gasteiger partial charge in [0.1, 0.15) is 0 Å².